The van der Waals surface area contributed by atoms with E-state index in [4.69, 9.17) is 4.74 Å². The summed E-state index contributed by atoms with van der Waals surface area (Å²) in [6.45, 7) is 6.27. The van der Waals surface area contributed by atoms with Crippen LogP contribution in [0.25, 0.3) is 0 Å². The number of carbonyl (C=O) groups is 1. The Bertz CT molecular complexity index is 374. The van der Waals surface area contributed by atoms with Gasteiger partial charge in [-0.3, -0.25) is 0 Å². The highest BCUT2D eigenvalue weighted by atomic mass is 16.5. The maximum absolute atomic E-state index is 9.84. The molecule has 1 rings (SSSR count). The molecule has 1 aromatic rings. The summed E-state index contributed by atoms with van der Waals surface area (Å²) in [5.41, 5.74) is 0. The summed E-state index contributed by atoms with van der Waals surface area (Å²) in [5.74, 6) is 0.600. The molecule has 0 aliphatic carbocycles. The van der Waals surface area contributed by atoms with Gasteiger partial charge in [-0.2, -0.15) is 0 Å². The number of methoxy groups -OCH3 is 1. The van der Waals surface area contributed by atoms with E-state index in [-0.39, 0.29) is 0 Å². The van der Waals surface area contributed by atoms with Crippen LogP contribution in [0.4, 0.5) is 0 Å². The first-order valence-electron chi connectivity index (χ1n) is 8.12. The van der Waals surface area contributed by atoms with Crippen molar-refractivity contribution < 1.29 is 14.3 Å². The summed E-state index contributed by atoms with van der Waals surface area (Å²) in [7, 11) is 1.31. The van der Waals surface area contributed by atoms with Gasteiger partial charge < -0.3 is 9.47 Å². The van der Waals surface area contributed by atoms with E-state index in [1.54, 1.807) is 0 Å². The zero-order valence-corrected chi connectivity index (χ0v) is 14.1. The summed E-state index contributed by atoms with van der Waals surface area (Å²) < 4.78 is 9.78. The predicted octanol–water partition coefficient (Wildman–Crippen LogP) is 5.16. The van der Waals surface area contributed by atoms with Crippen LogP contribution in [0.2, 0.25) is 0 Å². The highest BCUT2D eigenvalue weighted by molar-refractivity contribution is 5.80. The molecule has 0 saturated carbocycles. The molecule has 0 unspecified atom stereocenters. The third-order valence-electron chi connectivity index (χ3n) is 3.13. The lowest BCUT2D eigenvalue weighted by molar-refractivity contribution is -0.134. The van der Waals surface area contributed by atoms with Gasteiger partial charge in [-0.25, -0.2) is 4.79 Å². The zero-order chi connectivity index (χ0) is 16.5. The van der Waals surface area contributed by atoms with Crippen LogP contribution < -0.4 is 4.74 Å². The quantitative estimate of drug-likeness (QED) is 0.340. The van der Waals surface area contributed by atoms with Crippen LogP contribution in [-0.4, -0.2) is 19.7 Å². The zero-order valence-electron chi connectivity index (χ0n) is 14.1. The molecule has 0 amide bonds. The molecule has 22 heavy (non-hydrogen) atoms. The van der Waals surface area contributed by atoms with Crippen molar-refractivity contribution in [3.63, 3.8) is 0 Å². The van der Waals surface area contributed by atoms with Crippen LogP contribution in [0, 0.1) is 0 Å². The number of unbranched alkanes of at least 4 members (excludes halogenated alkanes) is 6. The summed E-state index contributed by atoms with van der Waals surface area (Å²) in [5, 5.41) is 0. The van der Waals surface area contributed by atoms with Crippen molar-refractivity contribution in [2.24, 2.45) is 0 Å². The lowest BCUT2D eigenvalue weighted by atomic mass is 10.1. The van der Waals surface area contributed by atoms with Gasteiger partial charge in [0.05, 0.1) is 13.7 Å². The van der Waals surface area contributed by atoms with Gasteiger partial charge in [0.15, 0.2) is 0 Å². The van der Waals surface area contributed by atoms with E-state index in [1.807, 2.05) is 30.3 Å². The number of rotatable bonds is 10. The second kappa shape index (κ2) is 15.6. The number of hydrogen-bond donors (Lipinski definition) is 0. The van der Waals surface area contributed by atoms with E-state index in [1.165, 1.54) is 52.1 Å². The van der Waals surface area contributed by atoms with Crippen LogP contribution in [0.3, 0.4) is 0 Å². The first-order chi connectivity index (χ1) is 10.7. The Kier molecular flexibility index (Phi) is 14.4. The maximum Gasteiger partial charge on any atom is 0.329 e. The molecule has 3 nitrogen and oxygen atoms in total. The molecular weight excluding hydrogens is 276 g/mol. The number of benzene rings is 1. The third kappa shape index (κ3) is 13.2. The minimum atomic E-state index is -0.394. The Hall–Kier alpha value is -1.77. The molecule has 0 fully saturated rings. The Labute approximate surface area is 135 Å². The summed E-state index contributed by atoms with van der Waals surface area (Å²) in [6.07, 6.45) is 10.5. The van der Waals surface area contributed by atoms with Gasteiger partial charge in [0.2, 0.25) is 0 Å². The summed E-state index contributed by atoms with van der Waals surface area (Å²) in [4.78, 5) is 9.84. The number of hydrogen-bond acceptors (Lipinski definition) is 3. The van der Waals surface area contributed by atoms with Gasteiger partial charge >= 0.3 is 5.97 Å². The van der Waals surface area contributed by atoms with Crippen LogP contribution in [0.5, 0.6) is 5.75 Å². The fourth-order valence-electron chi connectivity index (χ4n) is 1.85. The molecule has 0 N–H and O–H groups in total. The van der Waals surface area contributed by atoms with Crippen molar-refractivity contribution in [1.29, 1.82) is 0 Å². The molecule has 0 aromatic heterocycles. The molecule has 0 atom stereocenters. The van der Waals surface area contributed by atoms with Crippen molar-refractivity contribution in [2.75, 3.05) is 13.7 Å². The minimum Gasteiger partial charge on any atom is -0.494 e. The number of ether oxygens (including phenoxy) is 2. The van der Waals surface area contributed by atoms with E-state index >= 15 is 0 Å². The second-order valence-electron chi connectivity index (χ2n) is 5.01. The molecule has 0 heterocycles. The van der Waals surface area contributed by atoms with Gasteiger partial charge in [-0.1, -0.05) is 70.2 Å². The lowest BCUT2D eigenvalue weighted by Gasteiger charge is -2.05. The van der Waals surface area contributed by atoms with Gasteiger partial charge in [0.25, 0.3) is 0 Å². The maximum atomic E-state index is 9.84. The highest BCUT2D eigenvalue weighted by Gasteiger charge is 1.93. The van der Waals surface area contributed by atoms with Crippen molar-refractivity contribution >= 4 is 5.97 Å². The summed E-state index contributed by atoms with van der Waals surface area (Å²) in [6, 6.07) is 10.1. The Morgan fingerprint density at radius 3 is 2.14 bits per heavy atom. The smallest absolute Gasteiger partial charge is 0.329 e. The molecule has 0 spiro atoms. The van der Waals surface area contributed by atoms with Crippen molar-refractivity contribution in [3.8, 4) is 5.75 Å². The molecule has 3 heteroatoms. The normalized spacial score (nSPS) is 9.36. The van der Waals surface area contributed by atoms with E-state index in [0.717, 1.165) is 18.4 Å². The highest BCUT2D eigenvalue weighted by Crippen LogP contribution is 2.10. The molecule has 124 valence electrons. The average molecular weight is 306 g/mol. The van der Waals surface area contributed by atoms with Gasteiger partial charge in [0, 0.05) is 6.08 Å². The standard InChI is InChI=1S/C15H24O.C4H6O2/c1-2-3-4-5-6-7-11-14-16-15-12-9-8-10-13-15;1-3-4(5)6-2/h8-10,12-13H,2-7,11,14H2,1H3;3H,1H2,2H3. The van der Waals surface area contributed by atoms with Crippen LogP contribution in [0.1, 0.15) is 51.9 Å². The topological polar surface area (TPSA) is 35.5 Å². The van der Waals surface area contributed by atoms with E-state index in [2.05, 4.69) is 18.2 Å². The van der Waals surface area contributed by atoms with Crippen LogP contribution in [0.15, 0.2) is 43.0 Å². The monoisotopic (exact) mass is 306 g/mol. The lowest BCUT2D eigenvalue weighted by Crippen LogP contribution is -1.96. The third-order valence-corrected chi connectivity index (χ3v) is 3.13. The number of esters is 1. The second-order valence-corrected chi connectivity index (χ2v) is 5.01. The fourth-order valence-corrected chi connectivity index (χ4v) is 1.85. The van der Waals surface area contributed by atoms with Gasteiger partial charge in [0.1, 0.15) is 5.75 Å². The molecule has 0 bridgehead atoms. The Balaban J connectivity index is 0.000000626. The van der Waals surface area contributed by atoms with Gasteiger partial charge in [-0.05, 0) is 18.6 Å². The number of para-hydroxylation sites is 1. The molecular formula is C19H30O3. The average Bonchev–Trinajstić information content (AvgIpc) is 2.58. The van der Waals surface area contributed by atoms with Gasteiger partial charge in [-0.15, -0.1) is 0 Å². The Morgan fingerprint density at radius 2 is 1.64 bits per heavy atom. The first kappa shape index (κ1) is 20.2. The SMILES string of the molecule is C=CC(=O)OC.CCCCCCCCCOc1ccccc1. The van der Waals surface area contributed by atoms with Crippen LogP contribution >= 0.6 is 0 Å². The Morgan fingerprint density at radius 1 is 1.05 bits per heavy atom. The van der Waals surface area contributed by atoms with Crippen LogP contribution in [-0.2, 0) is 9.53 Å². The molecule has 0 aliphatic heterocycles. The number of carbonyl (C=O) groups excluding carboxylic acids is 1. The van der Waals surface area contributed by atoms with Crippen molar-refractivity contribution in [3.05, 3.63) is 43.0 Å². The van der Waals surface area contributed by atoms with E-state index in [9.17, 15) is 4.79 Å². The fraction of sp³-hybridized carbons (Fsp3) is 0.526. The molecule has 1 aromatic carbocycles. The van der Waals surface area contributed by atoms with E-state index < -0.39 is 5.97 Å². The first-order valence-corrected chi connectivity index (χ1v) is 8.12. The minimum absolute atomic E-state index is 0.394. The van der Waals surface area contributed by atoms with E-state index in [0.29, 0.717) is 0 Å². The molecule has 0 radical (unpaired) electrons. The molecule has 0 aliphatic rings. The predicted molar refractivity (Wildman–Crippen MR) is 92.1 cm³/mol. The largest absolute Gasteiger partial charge is 0.494 e. The van der Waals surface area contributed by atoms with Crippen molar-refractivity contribution in [1.82, 2.24) is 0 Å². The summed E-state index contributed by atoms with van der Waals surface area (Å²) >= 11 is 0. The van der Waals surface area contributed by atoms with Crippen molar-refractivity contribution in [2.45, 2.75) is 51.9 Å². The molecule has 0 saturated heterocycles.